The van der Waals surface area contributed by atoms with Crippen molar-refractivity contribution < 1.29 is 18.1 Å². The molecule has 0 N–H and O–H groups in total. The van der Waals surface area contributed by atoms with Gasteiger partial charge in [-0.15, -0.1) is 0 Å². The number of nitro benzene ring substituents is 1. The smallest absolute Gasteiger partial charge is 0.258 e. The van der Waals surface area contributed by atoms with E-state index < -0.39 is 22.4 Å². The second-order valence-electron chi connectivity index (χ2n) is 4.47. The Morgan fingerprint density at radius 2 is 1.29 bits per heavy atom. The summed E-state index contributed by atoms with van der Waals surface area (Å²) >= 11 is 29.6. The lowest BCUT2D eigenvalue weighted by Gasteiger charge is -2.14. The van der Waals surface area contributed by atoms with E-state index in [1.54, 1.807) is 0 Å². The molecular formula is C13H3Cl5F3NO2. The van der Waals surface area contributed by atoms with Gasteiger partial charge in [-0.1, -0.05) is 58.0 Å². The lowest BCUT2D eigenvalue weighted by atomic mass is 10.0. The van der Waals surface area contributed by atoms with Crippen LogP contribution in [0.15, 0.2) is 18.2 Å². The molecule has 2 rings (SSSR count). The molecule has 0 aliphatic rings. The molecule has 0 atom stereocenters. The van der Waals surface area contributed by atoms with Gasteiger partial charge in [0.1, 0.15) is 0 Å². The molecule has 0 heterocycles. The third-order valence-corrected chi connectivity index (χ3v) is 5.23. The number of non-ortho nitro benzene ring substituents is 1. The zero-order valence-electron chi connectivity index (χ0n) is 11.0. The van der Waals surface area contributed by atoms with Crippen LogP contribution >= 0.6 is 58.0 Å². The molecule has 2 aromatic rings. The maximum absolute atomic E-state index is 13.0. The van der Waals surface area contributed by atoms with E-state index in [4.69, 9.17) is 58.0 Å². The molecule has 3 nitrogen and oxygen atoms in total. The highest BCUT2D eigenvalue weighted by molar-refractivity contribution is 6.56. The summed E-state index contributed by atoms with van der Waals surface area (Å²) in [5.74, 6) is 0. The standard InChI is InChI=1S/C13H3Cl5F3NO2/c14-8-7(9(15)11(17)12(18)10(8)16)4-1-5(13(19,20)21)3-6(2-4)22(23)24/h1-3H. The number of alkyl halides is 3. The van der Waals surface area contributed by atoms with Crippen molar-refractivity contribution in [3.05, 3.63) is 59.0 Å². The summed E-state index contributed by atoms with van der Waals surface area (Å²) in [6.07, 6.45) is -4.82. The van der Waals surface area contributed by atoms with Crippen LogP contribution in [0.3, 0.4) is 0 Å². The first-order valence-electron chi connectivity index (χ1n) is 5.83. The van der Waals surface area contributed by atoms with Crippen LogP contribution in [-0.4, -0.2) is 4.92 Å². The molecule has 2 aromatic carbocycles. The quantitative estimate of drug-likeness (QED) is 0.210. The van der Waals surface area contributed by atoms with Crippen molar-refractivity contribution in [2.24, 2.45) is 0 Å². The van der Waals surface area contributed by atoms with E-state index in [0.29, 0.717) is 12.1 Å². The Labute approximate surface area is 158 Å². The maximum atomic E-state index is 13.0. The van der Waals surface area contributed by atoms with E-state index in [0.717, 1.165) is 6.07 Å². The minimum Gasteiger partial charge on any atom is -0.258 e. The Morgan fingerprint density at radius 3 is 1.71 bits per heavy atom. The SMILES string of the molecule is O=[N+]([O-])c1cc(-c2c(Cl)c(Cl)c(Cl)c(Cl)c2Cl)cc(C(F)(F)F)c1. The van der Waals surface area contributed by atoms with Crippen molar-refractivity contribution in [1.29, 1.82) is 0 Å². The first kappa shape index (κ1) is 19.4. The topological polar surface area (TPSA) is 43.1 Å². The van der Waals surface area contributed by atoms with E-state index in [2.05, 4.69) is 0 Å². The Morgan fingerprint density at radius 1 is 0.833 bits per heavy atom. The zero-order valence-corrected chi connectivity index (χ0v) is 14.8. The first-order valence-corrected chi connectivity index (χ1v) is 7.72. The summed E-state index contributed by atoms with van der Waals surface area (Å²) in [6, 6.07) is 1.92. The molecule has 0 radical (unpaired) electrons. The monoisotopic (exact) mass is 437 g/mol. The molecule has 0 saturated carbocycles. The van der Waals surface area contributed by atoms with E-state index in [1.165, 1.54) is 0 Å². The summed E-state index contributed by atoms with van der Waals surface area (Å²) in [7, 11) is 0. The van der Waals surface area contributed by atoms with Gasteiger partial charge < -0.3 is 0 Å². The Balaban J connectivity index is 2.88. The van der Waals surface area contributed by atoms with Crippen molar-refractivity contribution in [3.8, 4) is 11.1 Å². The van der Waals surface area contributed by atoms with Gasteiger partial charge in [0, 0.05) is 17.7 Å². The van der Waals surface area contributed by atoms with Gasteiger partial charge in [-0.05, 0) is 11.6 Å². The molecule has 0 spiro atoms. The number of halogens is 8. The Kier molecular flexibility index (Phi) is 5.47. The largest absolute Gasteiger partial charge is 0.416 e. The van der Waals surface area contributed by atoms with E-state index >= 15 is 0 Å². The van der Waals surface area contributed by atoms with Crippen LogP contribution in [0.2, 0.25) is 25.1 Å². The minimum atomic E-state index is -4.82. The molecule has 24 heavy (non-hydrogen) atoms. The summed E-state index contributed by atoms with van der Waals surface area (Å²) in [4.78, 5) is 9.95. The highest BCUT2D eigenvalue weighted by atomic mass is 35.5. The van der Waals surface area contributed by atoms with Gasteiger partial charge in [0.15, 0.2) is 0 Å². The lowest BCUT2D eigenvalue weighted by Crippen LogP contribution is -2.06. The highest BCUT2D eigenvalue weighted by Gasteiger charge is 2.33. The van der Waals surface area contributed by atoms with Crippen LogP contribution in [0, 0.1) is 10.1 Å². The summed E-state index contributed by atoms with van der Waals surface area (Å²) in [6.45, 7) is 0. The number of hydrogen-bond acceptors (Lipinski definition) is 2. The van der Waals surface area contributed by atoms with Crippen LogP contribution in [0.1, 0.15) is 5.56 Å². The second kappa shape index (κ2) is 6.77. The summed E-state index contributed by atoms with van der Waals surface area (Å²) in [5, 5.41) is 9.72. The predicted octanol–water partition coefficient (Wildman–Crippen LogP) is 7.55. The summed E-state index contributed by atoms with van der Waals surface area (Å²) in [5.41, 5.74) is -2.51. The number of nitro groups is 1. The molecule has 11 heteroatoms. The lowest BCUT2D eigenvalue weighted by molar-refractivity contribution is -0.385. The van der Waals surface area contributed by atoms with E-state index in [1.807, 2.05) is 0 Å². The Bertz CT molecular complexity index is 825. The van der Waals surface area contributed by atoms with Gasteiger partial charge in [-0.2, -0.15) is 13.2 Å². The molecule has 0 aliphatic carbocycles. The number of hydrogen-bond donors (Lipinski definition) is 0. The maximum Gasteiger partial charge on any atom is 0.416 e. The Hall–Kier alpha value is -0.920. The summed E-state index contributed by atoms with van der Waals surface area (Å²) < 4.78 is 39.0. The van der Waals surface area contributed by atoms with Crippen molar-refractivity contribution in [2.45, 2.75) is 6.18 Å². The second-order valence-corrected chi connectivity index (χ2v) is 6.36. The first-order chi connectivity index (χ1) is 10.9. The zero-order chi connectivity index (χ0) is 18.4. The molecule has 0 unspecified atom stereocenters. The molecule has 0 amide bonds. The predicted molar refractivity (Wildman–Crippen MR) is 88.6 cm³/mol. The van der Waals surface area contributed by atoms with Crippen LogP contribution in [0.5, 0.6) is 0 Å². The van der Waals surface area contributed by atoms with Gasteiger partial charge in [-0.3, -0.25) is 10.1 Å². The van der Waals surface area contributed by atoms with Crippen LogP contribution in [-0.2, 0) is 6.18 Å². The molecule has 0 fully saturated rings. The van der Waals surface area contributed by atoms with Gasteiger partial charge in [-0.25, -0.2) is 0 Å². The molecule has 0 aliphatic heterocycles. The molecule has 0 saturated heterocycles. The fourth-order valence-corrected chi connectivity index (χ4v) is 3.24. The van der Waals surface area contributed by atoms with E-state index in [9.17, 15) is 23.3 Å². The van der Waals surface area contributed by atoms with Crippen molar-refractivity contribution in [2.75, 3.05) is 0 Å². The van der Waals surface area contributed by atoms with Crippen LogP contribution in [0.25, 0.3) is 11.1 Å². The minimum absolute atomic E-state index is 0.182. The van der Waals surface area contributed by atoms with Gasteiger partial charge in [0.05, 0.1) is 35.6 Å². The van der Waals surface area contributed by atoms with Crippen molar-refractivity contribution >= 4 is 63.7 Å². The van der Waals surface area contributed by atoms with Gasteiger partial charge >= 0.3 is 6.18 Å². The van der Waals surface area contributed by atoms with Crippen LogP contribution < -0.4 is 0 Å². The highest BCUT2D eigenvalue weighted by Crippen LogP contribution is 2.49. The van der Waals surface area contributed by atoms with Gasteiger partial charge in [0.2, 0.25) is 0 Å². The third-order valence-electron chi connectivity index (χ3n) is 2.95. The fraction of sp³-hybridized carbons (Fsp3) is 0.0769. The molecule has 128 valence electrons. The average Bonchev–Trinajstić information content (AvgIpc) is 2.50. The number of nitrogens with zero attached hydrogens (tertiary/aromatic N) is 1. The van der Waals surface area contributed by atoms with Gasteiger partial charge in [0.25, 0.3) is 5.69 Å². The number of rotatable bonds is 2. The average molecular weight is 439 g/mol. The van der Waals surface area contributed by atoms with Crippen molar-refractivity contribution in [3.63, 3.8) is 0 Å². The number of benzene rings is 2. The van der Waals surface area contributed by atoms with Crippen LogP contribution in [0.4, 0.5) is 18.9 Å². The molecular weight excluding hydrogens is 436 g/mol. The molecule has 0 aromatic heterocycles. The normalized spacial score (nSPS) is 11.7. The fourth-order valence-electron chi connectivity index (χ4n) is 1.88. The third kappa shape index (κ3) is 3.53. The molecule has 0 bridgehead atoms. The van der Waals surface area contributed by atoms with E-state index in [-0.39, 0.29) is 36.2 Å². The van der Waals surface area contributed by atoms with Crippen molar-refractivity contribution in [1.82, 2.24) is 0 Å².